The fourth-order valence-electron chi connectivity index (χ4n) is 1.81. The second-order valence-electron chi connectivity index (χ2n) is 4.55. The SMILES string of the molecule is CC(NC(=O)c1cc(C(F)(F)F)ccc1N)c1ccsc1. The third-order valence-electron chi connectivity index (χ3n) is 3.02. The third kappa shape index (κ3) is 3.55. The van der Waals surface area contributed by atoms with Crippen molar-refractivity contribution in [1.29, 1.82) is 0 Å². The number of anilines is 1. The number of alkyl halides is 3. The molecule has 1 aromatic heterocycles. The molecule has 1 atom stereocenters. The minimum atomic E-state index is -4.51. The van der Waals surface area contributed by atoms with E-state index >= 15 is 0 Å². The molecule has 0 saturated carbocycles. The summed E-state index contributed by atoms with van der Waals surface area (Å²) in [6.07, 6.45) is -4.51. The summed E-state index contributed by atoms with van der Waals surface area (Å²) >= 11 is 1.48. The van der Waals surface area contributed by atoms with E-state index in [-0.39, 0.29) is 17.3 Å². The van der Waals surface area contributed by atoms with Crippen LogP contribution in [0.3, 0.4) is 0 Å². The van der Waals surface area contributed by atoms with E-state index in [1.54, 1.807) is 6.92 Å². The standard InChI is InChI=1S/C14H13F3N2OS/c1-8(9-4-5-21-7-9)19-13(20)11-6-10(14(15,16)17)2-3-12(11)18/h2-8H,18H2,1H3,(H,19,20). The van der Waals surface area contributed by atoms with Gasteiger partial charge in [-0.05, 0) is 47.5 Å². The molecule has 1 unspecified atom stereocenters. The minimum absolute atomic E-state index is 0.0121. The molecule has 0 aliphatic carbocycles. The Balaban J connectivity index is 2.23. The molecule has 1 amide bonds. The summed E-state index contributed by atoms with van der Waals surface area (Å²) in [5.41, 5.74) is 5.43. The molecule has 7 heteroatoms. The molecular formula is C14H13F3N2OS. The Morgan fingerprint density at radius 1 is 1.33 bits per heavy atom. The molecule has 0 fully saturated rings. The lowest BCUT2D eigenvalue weighted by atomic mass is 10.1. The zero-order valence-corrected chi connectivity index (χ0v) is 11.9. The number of nitrogens with two attached hydrogens (primary N) is 1. The number of rotatable bonds is 3. The predicted octanol–water partition coefficient (Wildman–Crippen LogP) is 3.84. The van der Waals surface area contributed by atoms with Crippen molar-refractivity contribution in [2.75, 3.05) is 5.73 Å². The van der Waals surface area contributed by atoms with Gasteiger partial charge < -0.3 is 11.1 Å². The Morgan fingerprint density at radius 2 is 2.05 bits per heavy atom. The summed E-state index contributed by atoms with van der Waals surface area (Å²) in [6.45, 7) is 1.75. The molecular weight excluding hydrogens is 301 g/mol. The van der Waals surface area contributed by atoms with Crippen LogP contribution in [0.25, 0.3) is 0 Å². The lowest BCUT2D eigenvalue weighted by molar-refractivity contribution is -0.137. The lowest BCUT2D eigenvalue weighted by Crippen LogP contribution is -2.27. The fraction of sp³-hybridized carbons (Fsp3) is 0.214. The molecule has 0 aliphatic rings. The van der Waals surface area contributed by atoms with Crippen molar-refractivity contribution in [3.63, 3.8) is 0 Å². The number of benzene rings is 1. The Hall–Kier alpha value is -2.02. The van der Waals surface area contributed by atoms with Crippen LogP contribution in [0.4, 0.5) is 18.9 Å². The molecule has 0 aliphatic heterocycles. The summed E-state index contributed by atoms with van der Waals surface area (Å²) in [5, 5.41) is 6.36. The minimum Gasteiger partial charge on any atom is -0.398 e. The van der Waals surface area contributed by atoms with Crippen LogP contribution < -0.4 is 11.1 Å². The molecule has 21 heavy (non-hydrogen) atoms. The van der Waals surface area contributed by atoms with Gasteiger partial charge in [-0.15, -0.1) is 0 Å². The highest BCUT2D eigenvalue weighted by Crippen LogP contribution is 2.31. The highest BCUT2D eigenvalue weighted by molar-refractivity contribution is 7.07. The molecule has 2 rings (SSSR count). The molecule has 1 aromatic carbocycles. The van der Waals surface area contributed by atoms with Crippen molar-refractivity contribution in [3.8, 4) is 0 Å². The highest BCUT2D eigenvalue weighted by atomic mass is 32.1. The maximum absolute atomic E-state index is 12.7. The molecule has 0 radical (unpaired) electrons. The van der Waals surface area contributed by atoms with Gasteiger partial charge >= 0.3 is 6.18 Å². The average Bonchev–Trinajstić information content (AvgIpc) is 2.91. The predicted molar refractivity (Wildman–Crippen MR) is 76.1 cm³/mol. The first-order chi connectivity index (χ1) is 9.79. The van der Waals surface area contributed by atoms with Gasteiger partial charge in [0.05, 0.1) is 17.2 Å². The number of hydrogen-bond acceptors (Lipinski definition) is 3. The fourth-order valence-corrected chi connectivity index (χ4v) is 2.56. The molecule has 3 N–H and O–H groups in total. The van der Waals surface area contributed by atoms with Crippen LogP contribution >= 0.6 is 11.3 Å². The van der Waals surface area contributed by atoms with E-state index in [2.05, 4.69) is 5.32 Å². The van der Waals surface area contributed by atoms with E-state index in [1.807, 2.05) is 16.8 Å². The van der Waals surface area contributed by atoms with Crippen LogP contribution in [0.2, 0.25) is 0 Å². The normalized spacial score (nSPS) is 13.0. The average molecular weight is 314 g/mol. The van der Waals surface area contributed by atoms with Crippen LogP contribution in [0.1, 0.15) is 34.5 Å². The Kier molecular flexibility index (Phi) is 4.22. The Bertz CT molecular complexity index is 638. The maximum Gasteiger partial charge on any atom is 0.416 e. The van der Waals surface area contributed by atoms with Crippen molar-refractivity contribution in [2.45, 2.75) is 19.1 Å². The lowest BCUT2D eigenvalue weighted by Gasteiger charge is -2.15. The van der Waals surface area contributed by atoms with Crippen LogP contribution in [0.15, 0.2) is 35.0 Å². The van der Waals surface area contributed by atoms with Gasteiger partial charge in [0, 0.05) is 5.69 Å². The van der Waals surface area contributed by atoms with Crippen LogP contribution in [-0.4, -0.2) is 5.91 Å². The maximum atomic E-state index is 12.7. The van der Waals surface area contributed by atoms with Gasteiger partial charge in [-0.2, -0.15) is 24.5 Å². The summed E-state index contributed by atoms with van der Waals surface area (Å²) in [7, 11) is 0. The largest absolute Gasteiger partial charge is 0.416 e. The molecule has 2 aromatic rings. The monoisotopic (exact) mass is 314 g/mol. The van der Waals surface area contributed by atoms with E-state index in [4.69, 9.17) is 5.73 Å². The zero-order chi connectivity index (χ0) is 15.6. The number of thiophene rings is 1. The molecule has 0 saturated heterocycles. The van der Waals surface area contributed by atoms with Crippen molar-refractivity contribution in [3.05, 3.63) is 51.7 Å². The van der Waals surface area contributed by atoms with Gasteiger partial charge in [0.25, 0.3) is 5.91 Å². The quantitative estimate of drug-likeness (QED) is 0.846. The van der Waals surface area contributed by atoms with Gasteiger partial charge in [0.1, 0.15) is 0 Å². The van der Waals surface area contributed by atoms with Gasteiger partial charge in [0.15, 0.2) is 0 Å². The number of amides is 1. The number of nitrogens with one attached hydrogen (secondary N) is 1. The first-order valence-electron chi connectivity index (χ1n) is 6.08. The van der Waals surface area contributed by atoms with Gasteiger partial charge in [-0.25, -0.2) is 0 Å². The summed E-state index contributed by atoms with van der Waals surface area (Å²) in [5.74, 6) is -0.627. The van der Waals surface area contributed by atoms with Crippen molar-refractivity contribution >= 4 is 22.9 Å². The smallest absolute Gasteiger partial charge is 0.398 e. The van der Waals surface area contributed by atoms with Crippen LogP contribution in [0.5, 0.6) is 0 Å². The topological polar surface area (TPSA) is 55.1 Å². The van der Waals surface area contributed by atoms with Crippen LogP contribution in [0, 0.1) is 0 Å². The van der Waals surface area contributed by atoms with Crippen molar-refractivity contribution < 1.29 is 18.0 Å². The zero-order valence-electron chi connectivity index (χ0n) is 11.1. The van der Waals surface area contributed by atoms with E-state index < -0.39 is 17.6 Å². The van der Waals surface area contributed by atoms with Crippen LogP contribution in [-0.2, 0) is 6.18 Å². The van der Waals surface area contributed by atoms with Crippen molar-refractivity contribution in [1.82, 2.24) is 5.32 Å². The second kappa shape index (κ2) is 5.77. The van der Waals surface area contributed by atoms with Crippen molar-refractivity contribution in [2.24, 2.45) is 0 Å². The van der Waals surface area contributed by atoms with Gasteiger partial charge in [-0.1, -0.05) is 0 Å². The van der Waals surface area contributed by atoms with Gasteiger partial charge in [-0.3, -0.25) is 4.79 Å². The van der Waals surface area contributed by atoms with E-state index in [0.717, 1.165) is 23.8 Å². The van der Waals surface area contributed by atoms with E-state index in [9.17, 15) is 18.0 Å². The summed E-state index contributed by atoms with van der Waals surface area (Å²) in [6, 6.07) is 4.25. The second-order valence-corrected chi connectivity index (χ2v) is 5.33. The number of nitrogen functional groups attached to an aromatic ring is 1. The van der Waals surface area contributed by atoms with Gasteiger partial charge in [0.2, 0.25) is 0 Å². The number of carbonyl (C=O) groups excluding carboxylic acids is 1. The van der Waals surface area contributed by atoms with E-state index in [1.165, 1.54) is 11.3 Å². The molecule has 0 spiro atoms. The van der Waals surface area contributed by atoms with E-state index in [0.29, 0.717) is 0 Å². The summed E-state index contributed by atoms with van der Waals surface area (Å²) in [4.78, 5) is 12.1. The number of halogens is 3. The molecule has 3 nitrogen and oxygen atoms in total. The molecule has 112 valence electrons. The first kappa shape index (κ1) is 15.4. The molecule has 1 heterocycles. The molecule has 0 bridgehead atoms. The first-order valence-corrected chi connectivity index (χ1v) is 7.03. The highest BCUT2D eigenvalue weighted by Gasteiger charge is 2.31. The number of carbonyl (C=O) groups is 1. The number of hydrogen-bond donors (Lipinski definition) is 2. The Morgan fingerprint density at radius 3 is 2.62 bits per heavy atom. The summed E-state index contributed by atoms with van der Waals surface area (Å²) < 4.78 is 38.0. The Labute approximate surface area is 123 Å². The third-order valence-corrected chi connectivity index (χ3v) is 3.72.